The molecule has 2 aromatic rings. The summed E-state index contributed by atoms with van der Waals surface area (Å²) in [5.41, 5.74) is 9.09. The molecule has 0 bridgehead atoms. The summed E-state index contributed by atoms with van der Waals surface area (Å²) in [5.74, 6) is 2.00. The topological polar surface area (TPSA) is 101 Å². The molecule has 0 radical (unpaired) electrons. The molecule has 27 heavy (non-hydrogen) atoms. The fraction of sp³-hybridized carbons (Fsp3) is 0.476. The number of aliphatic hydroxyl groups excluding tert-OH is 1. The highest BCUT2D eigenvalue weighted by molar-refractivity contribution is 5.76. The average molecular weight is 369 g/mol. The van der Waals surface area contributed by atoms with Gasteiger partial charge in [-0.25, -0.2) is 4.98 Å². The van der Waals surface area contributed by atoms with Crippen LogP contribution in [0.4, 0.5) is 5.82 Å². The number of hydrogen-bond acceptors (Lipinski definition) is 6. The number of piperidine rings is 1. The van der Waals surface area contributed by atoms with Crippen molar-refractivity contribution < 1.29 is 14.9 Å². The van der Waals surface area contributed by atoms with E-state index in [1.165, 1.54) is 12.8 Å². The summed E-state index contributed by atoms with van der Waals surface area (Å²) in [6.45, 7) is 2.41. The van der Waals surface area contributed by atoms with Gasteiger partial charge in [0.15, 0.2) is 0 Å². The predicted octanol–water partition coefficient (Wildman–Crippen LogP) is 2.78. The van der Waals surface area contributed by atoms with Crippen molar-refractivity contribution in [1.82, 2.24) is 10.3 Å². The van der Waals surface area contributed by atoms with Gasteiger partial charge in [0.25, 0.3) is 0 Å². The Balaban J connectivity index is 1.76. The normalized spacial score (nSPS) is 17.8. The van der Waals surface area contributed by atoms with Crippen LogP contribution >= 0.6 is 0 Å². The van der Waals surface area contributed by atoms with Gasteiger partial charge in [-0.15, -0.1) is 0 Å². The molecule has 0 spiro atoms. The zero-order valence-electron chi connectivity index (χ0n) is 15.4. The van der Waals surface area contributed by atoms with Gasteiger partial charge in [0.2, 0.25) is 0 Å². The summed E-state index contributed by atoms with van der Waals surface area (Å²) in [5, 5.41) is 23.7. The summed E-state index contributed by atoms with van der Waals surface area (Å²) >= 11 is 0. The number of anilines is 1. The summed E-state index contributed by atoms with van der Waals surface area (Å²) < 4.78 is 5.98. The van der Waals surface area contributed by atoms with Crippen molar-refractivity contribution in [1.29, 1.82) is 0 Å². The maximum atomic E-state index is 10.5. The van der Waals surface area contributed by atoms with E-state index >= 15 is 0 Å². The Hall–Kier alpha value is -2.31. The zero-order chi connectivity index (χ0) is 18.8. The maximum absolute atomic E-state index is 10.5. The van der Waals surface area contributed by atoms with Gasteiger partial charge in [0.05, 0.1) is 24.5 Å². The molecule has 1 saturated heterocycles. The van der Waals surface area contributed by atoms with Crippen LogP contribution < -0.4 is 15.8 Å². The summed E-state index contributed by atoms with van der Waals surface area (Å²) in [7, 11) is 0. The van der Waals surface area contributed by atoms with Crippen LogP contribution in [0.3, 0.4) is 0 Å². The number of pyridine rings is 1. The second-order valence-electron chi connectivity index (χ2n) is 7.55. The largest absolute Gasteiger partial charge is 0.507 e. The summed E-state index contributed by atoms with van der Waals surface area (Å²) in [4.78, 5) is 4.50. The highest BCUT2D eigenvalue weighted by Gasteiger charge is 2.25. The second kappa shape index (κ2) is 7.74. The minimum atomic E-state index is -0.135. The Bertz CT molecular complexity index is 815. The Morgan fingerprint density at radius 2 is 1.96 bits per heavy atom. The van der Waals surface area contributed by atoms with Crippen molar-refractivity contribution in [2.75, 3.05) is 25.4 Å². The highest BCUT2D eigenvalue weighted by Crippen LogP contribution is 2.41. The number of phenols is 1. The van der Waals surface area contributed by atoms with Crippen LogP contribution in [0.1, 0.15) is 42.7 Å². The molecule has 0 atom stereocenters. The number of nitrogens with one attached hydrogen (secondary N) is 1. The third-order valence-corrected chi connectivity index (χ3v) is 5.56. The van der Waals surface area contributed by atoms with Crippen LogP contribution in [0.15, 0.2) is 24.3 Å². The van der Waals surface area contributed by atoms with Gasteiger partial charge in [0.1, 0.15) is 17.3 Å². The van der Waals surface area contributed by atoms with Gasteiger partial charge in [-0.1, -0.05) is 6.07 Å². The van der Waals surface area contributed by atoms with E-state index < -0.39 is 0 Å². The van der Waals surface area contributed by atoms with Crippen LogP contribution in [0.2, 0.25) is 0 Å². The van der Waals surface area contributed by atoms with Crippen molar-refractivity contribution >= 4 is 5.82 Å². The van der Waals surface area contributed by atoms with Crippen molar-refractivity contribution in [2.45, 2.75) is 38.2 Å². The van der Waals surface area contributed by atoms with Crippen molar-refractivity contribution in [3.8, 4) is 22.8 Å². The molecule has 144 valence electrons. The van der Waals surface area contributed by atoms with Crippen LogP contribution in [0, 0.1) is 5.92 Å². The first kappa shape index (κ1) is 18.1. The lowest BCUT2D eigenvalue weighted by Crippen LogP contribution is -2.27. The summed E-state index contributed by atoms with van der Waals surface area (Å²) in [6, 6.07) is 7.25. The zero-order valence-corrected chi connectivity index (χ0v) is 15.4. The number of rotatable bonds is 6. The number of aliphatic hydroxyl groups is 1. The molecule has 1 aliphatic carbocycles. The molecule has 1 aromatic heterocycles. The lowest BCUT2D eigenvalue weighted by molar-refractivity contribution is 0.279. The van der Waals surface area contributed by atoms with E-state index in [-0.39, 0.29) is 12.4 Å². The maximum Gasteiger partial charge on any atom is 0.132 e. The molecular weight excluding hydrogens is 342 g/mol. The fourth-order valence-electron chi connectivity index (χ4n) is 3.80. The first-order valence-electron chi connectivity index (χ1n) is 9.73. The molecule has 6 nitrogen and oxygen atoms in total. The van der Waals surface area contributed by atoms with Gasteiger partial charge < -0.3 is 26.0 Å². The smallest absolute Gasteiger partial charge is 0.132 e. The third kappa shape index (κ3) is 3.87. The number of hydrogen-bond donors (Lipinski definition) is 4. The number of aromatic nitrogens is 1. The van der Waals surface area contributed by atoms with E-state index in [9.17, 15) is 10.2 Å². The molecule has 2 aliphatic rings. The lowest BCUT2D eigenvalue weighted by atomic mass is 9.86. The minimum Gasteiger partial charge on any atom is -0.507 e. The molecular formula is C21H27N3O3. The molecule has 4 rings (SSSR count). The van der Waals surface area contributed by atoms with Crippen molar-refractivity contribution in [3.63, 3.8) is 0 Å². The number of aromatic hydroxyl groups is 1. The first-order valence-corrected chi connectivity index (χ1v) is 9.73. The van der Waals surface area contributed by atoms with Gasteiger partial charge >= 0.3 is 0 Å². The van der Waals surface area contributed by atoms with Crippen LogP contribution in [0.25, 0.3) is 11.3 Å². The lowest BCUT2D eigenvalue weighted by Gasteiger charge is -2.26. The van der Waals surface area contributed by atoms with Gasteiger partial charge in [-0.2, -0.15) is 0 Å². The fourth-order valence-corrected chi connectivity index (χ4v) is 3.80. The Morgan fingerprint density at radius 3 is 2.67 bits per heavy atom. The first-order chi connectivity index (χ1) is 13.2. The predicted molar refractivity (Wildman–Crippen MR) is 105 cm³/mol. The van der Waals surface area contributed by atoms with Gasteiger partial charge in [-0.05, 0) is 74.4 Å². The molecule has 2 heterocycles. The number of benzene rings is 1. The minimum absolute atomic E-state index is 0.128. The monoisotopic (exact) mass is 369 g/mol. The number of nitrogens with zero attached hydrogens (tertiary/aromatic N) is 1. The van der Waals surface area contributed by atoms with Gasteiger partial charge in [-0.3, -0.25) is 0 Å². The van der Waals surface area contributed by atoms with Crippen LogP contribution in [-0.2, 0) is 6.61 Å². The van der Waals surface area contributed by atoms with E-state index in [4.69, 9.17) is 10.5 Å². The molecule has 0 amide bonds. The second-order valence-corrected chi connectivity index (χ2v) is 7.55. The van der Waals surface area contributed by atoms with E-state index in [2.05, 4.69) is 10.3 Å². The average Bonchev–Trinajstić information content (AvgIpc) is 3.51. The quantitative estimate of drug-likeness (QED) is 0.625. The molecule has 1 aromatic carbocycles. The Kier molecular flexibility index (Phi) is 5.18. The molecule has 2 fully saturated rings. The number of ether oxygens (including phenoxy) is 1. The van der Waals surface area contributed by atoms with E-state index in [1.54, 1.807) is 12.1 Å². The molecule has 1 aliphatic heterocycles. The van der Waals surface area contributed by atoms with Gasteiger partial charge in [0, 0.05) is 5.56 Å². The number of nitrogens with two attached hydrogens (primary N) is 1. The number of phenolic OH excluding ortho intramolecular Hbond substituents is 1. The third-order valence-electron chi connectivity index (χ3n) is 5.56. The molecule has 6 heteroatoms. The SMILES string of the molecule is Nc1nc(-c2c(O)cccc2OCC2CC2)cc(C2CCNCC2)c1CO. The van der Waals surface area contributed by atoms with E-state index in [1.807, 2.05) is 12.1 Å². The Labute approximate surface area is 159 Å². The Morgan fingerprint density at radius 1 is 1.19 bits per heavy atom. The van der Waals surface area contributed by atoms with E-state index in [0.29, 0.717) is 46.8 Å². The van der Waals surface area contributed by atoms with Crippen molar-refractivity contribution in [2.24, 2.45) is 5.92 Å². The molecule has 5 N–H and O–H groups in total. The van der Waals surface area contributed by atoms with E-state index in [0.717, 1.165) is 31.5 Å². The molecule has 1 saturated carbocycles. The highest BCUT2D eigenvalue weighted by atomic mass is 16.5. The standard InChI is InChI=1S/C21H27N3O3/c22-21-16(11-25)15(14-6-8-23-9-7-14)10-17(24-21)20-18(26)2-1-3-19(20)27-12-13-4-5-13/h1-3,10,13-14,23,25-26H,4-9,11-12H2,(H2,22,24). The van der Waals surface area contributed by atoms with Crippen LogP contribution in [0.5, 0.6) is 11.5 Å². The molecule has 0 unspecified atom stereocenters. The van der Waals surface area contributed by atoms with Crippen LogP contribution in [-0.4, -0.2) is 34.9 Å². The summed E-state index contributed by atoms with van der Waals surface area (Å²) in [6.07, 6.45) is 4.37. The van der Waals surface area contributed by atoms with Crippen molar-refractivity contribution in [3.05, 3.63) is 35.4 Å². The number of nitrogen functional groups attached to an aromatic ring is 1.